The predicted molar refractivity (Wildman–Crippen MR) is 619 cm³/mol. The van der Waals surface area contributed by atoms with Gasteiger partial charge in [0.15, 0.2) is 5.96 Å². The first kappa shape index (κ1) is 156. The Labute approximate surface area is 899 Å². The topological polar surface area (TPSA) is 810 Å². The lowest BCUT2D eigenvalue weighted by Crippen LogP contribution is -2.42. The highest BCUT2D eigenvalue weighted by Gasteiger charge is 2.34. The van der Waals surface area contributed by atoms with Crippen LogP contribution in [0.25, 0.3) is 0 Å². The number of hydrogen-bond donors (Lipinski definition) is 30. The molecule has 0 radical (unpaired) electrons. The lowest BCUT2D eigenvalue weighted by molar-refractivity contribution is -0.124. The summed E-state index contributed by atoms with van der Waals surface area (Å²) in [4.78, 5) is 116. The molecule has 0 aromatic carbocycles. The van der Waals surface area contributed by atoms with Gasteiger partial charge in [-0.05, 0) is 222 Å². The molecule has 0 bridgehead atoms. The van der Waals surface area contributed by atoms with Crippen molar-refractivity contribution in [3.05, 3.63) is 0 Å². The predicted octanol–water partition coefficient (Wildman–Crippen LogP) is 3.23. The molecule has 41 nitrogen and oxygen atoms in total. The number of carbonyl (C=O) groups excluding carboxylic acids is 10. The summed E-state index contributed by atoms with van der Waals surface area (Å²) < 4.78 is 0. The van der Waals surface area contributed by atoms with Crippen LogP contribution in [0, 0.1) is 101 Å². The lowest BCUT2D eigenvalue weighted by atomic mass is 9.86. The van der Waals surface area contributed by atoms with Crippen LogP contribution in [0.1, 0.15) is 328 Å². The number of rotatable bonds is 58. The number of aliphatic imine (C=N–C) groups is 1. The molecule has 3 rings (SSSR count). The number of carbonyl (C=O) groups is 10. The molecule has 3 fully saturated rings. The molecule has 882 valence electrons. The van der Waals surface area contributed by atoms with E-state index < -0.39 is 0 Å². The van der Waals surface area contributed by atoms with E-state index in [2.05, 4.69) is 112 Å². The average Bonchev–Trinajstić information content (AvgIpc) is 1.72. The fourth-order valence-corrected chi connectivity index (χ4v) is 13.5. The molecule has 1 aliphatic heterocycles. The third kappa shape index (κ3) is 102. The maximum Gasteiger partial charge on any atom is 0.222 e. The first-order chi connectivity index (χ1) is 68.9. The fraction of sp³-hybridized carbons (Fsp3) is 0.897. The Kier molecular flexibility index (Phi) is 104. The maximum atomic E-state index is 11.4. The number of hydrogen-bond acceptors (Lipinski definition) is 29. The summed E-state index contributed by atoms with van der Waals surface area (Å²) in [7, 11) is 0. The number of nitrogens with two attached hydrogens (primary N) is 19. The Morgan fingerprint density at radius 3 is 0.872 bits per heavy atom. The van der Waals surface area contributed by atoms with Gasteiger partial charge in [-0.2, -0.15) is 0 Å². The van der Waals surface area contributed by atoms with Gasteiger partial charge in [0, 0.05) is 211 Å². The Bertz CT molecular complexity index is 3180. The first-order valence-electron chi connectivity index (χ1n) is 55.9. The van der Waals surface area contributed by atoms with Crippen molar-refractivity contribution in [2.45, 2.75) is 394 Å². The molecule has 148 heavy (non-hydrogen) atoms. The molecule has 0 aromatic heterocycles. The van der Waals surface area contributed by atoms with Gasteiger partial charge in [-0.3, -0.25) is 52.9 Å². The molecule has 41 heteroatoms. The van der Waals surface area contributed by atoms with E-state index in [9.17, 15) is 47.9 Å². The summed E-state index contributed by atoms with van der Waals surface area (Å²) >= 11 is 0. The van der Waals surface area contributed by atoms with Crippen molar-refractivity contribution < 1.29 is 47.9 Å². The van der Waals surface area contributed by atoms with Gasteiger partial charge in [-0.15, -0.1) is 0 Å². The van der Waals surface area contributed by atoms with E-state index in [4.69, 9.17) is 109 Å². The number of guanidine groups is 1. The van der Waals surface area contributed by atoms with Crippen LogP contribution in [0.5, 0.6) is 0 Å². The second-order valence-corrected chi connectivity index (χ2v) is 44.8. The van der Waals surface area contributed by atoms with Gasteiger partial charge in [0.2, 0.25) is 59.1 Å². The SMILES string of the molecule is CC(C)C(=O)NC[C@@H](N)CCC(N)C(C)C.CC(C)C(=O)NC[C@@H](N)CCCN=C(N)N.CC(C)C(=O)NC[C@@H](N)CCN.CC(C)C(=O)NC[C@@H](N)CN.CC(C)C(=O)NC[C@@H]1CC(C(C)(C)N)CN1.CC(C)C(=O)NC[C@H](N)CCCN.CC(C)C(=O)NC[C@H]1CC[C@@H](CN)C1.CC(C)C(=O)NC[C@H]1CC[C@H](CN)C1.CC(C)CC(=O)NC[C@@H](N)CCCN.CC(C)[C@@H](N)CCCN.CCCC[C@H](N)CNC(=O)C(C)C. The van der Waals surface area contributed by atoms with E-state index in [0.717, 1.165) is 136 Å². The number of unbranched alkanes of at least 4 members (excludes halogenated alkanes) is 1. The number of nitrogens with one attached hydrogen (secondary N) is 11. The summed E-state index contributed by atoms with van der Waals surface area (Å²) in [6.45, 7) is 64.9. The summed E-state index contributed by atoms with van der Waals surface area (Å²) in [6.07, 6.45) is 22.0. The molecule has 2 aliphatic carbocycles. The van der Waals surface area contributed by atoms with Gasteiger partial charge >= 0.3 is 0 Å². The third-order valence-corrected chi connectivity index (χ3v) is 24.7. The minimum absolute atomic E-state index is 0.00571. The van der Waals surface area contributed by atoms with E-state index >= 15 is 0 Å². The van der Waals surface area contributed by atoms with Crippen LogP contribution >= 0.6 is 0 Å². The highest BCUT2D eigenvalue weighted by atomic mass is 16.2. The van der Waals surface area contributed by atoms with Crippen LogP contribution in [-0.2, 0) is 47.9 Å². The van der Waals surface area contributed by atoms with Crippen molar-refractivity contribution in [3.8, 4) is 0 Å². The standard InChI is InChI=1S/C12H25N3O.C12H27N3O.2C11H22N2O.C10H23N5O.C10H23N3O.C10H22N2O.C9H21N3O.C8H19N3O.C7H17N3O.C7H18N2/c1-8(2)11(16)15-7-10-5-9(6-14-10)12(3,4)13;1-8(2)11(14)6-5-10(13)7-15-12(16)9(3)4;2*1-8(2)11(14)13-7-10-4-3-9(5-10)6-12;1-7(2)9(16)15-6-8(11)4-3-5-14-10(12)13;1-8(2)6-10(14)13-7-9(12)4-3-5-11;1-4-5-6-9(11)7-12-10(13)8(2)3;1-7(2)9(13)12-6-8(11)4-3-5-10;1-6(2)8(12)11-5-7(10)3-4-9;1-5(2)7(11)10-4-6(9)3-8;1-6(2)7(9)4-3-5-8/h8-10,14H,5-7,13H2,1-4H3,(H,15,16);8-11H,5-7,13-14H2,1-4H3,(H,15,16);2*8-10H,3-7,12H2,1-2H3,(H,13,14);7-8H,3-6,11H2,1-2H3,(H,15,16)(H4,12,13,14);8-9H,3-7,11-12H2,1-2H3,(H,13,14);8-9H,4-7,11H2,1-3H3,(H,12,13);7-8H,3-6,10-11H2,1-2H3,(H,12,13);6-7H,3-5,9-10H2,1-2H3,(H,11,12);5-6H,3-4,8-9H2,1-2H3,(H,10,11);6-7H,3-5,8-9H2,1-2H3/t9?,10-;10-,11?;9-,10+;9-,10-;8-;2*9-;8-;7-;6-;7-/m00100001000/s1. The molecule has 3 aliphatic rings. The molecular weight excluding hydrogens is 1880 g/mol. The van der Waals surface area contributed by atoms with Crippen molar-refractivity contribution in [3.63, 3.8) is 0 Å². The van der Waals surface area contributed by atoms with Crippen molar-refractivity contribution in [1.29, 1.82) is 0 Å². The molecule has 1 saturated heterocycles. The Hall–Kier alpha value is -6.75. The van der Waals surface area contributed by atoms with E-state index in [1.54, 1.807) is 0 Å². The van der Waals surface area contributed by atoms with E-state index in [1.807, 2.05) is 138 Å². The zero-order chi connectivity index (χ0) is 116. The molecule has 2 saturated carbocycles. The highest BCUT2D eigenvalue weighted by molar-refractivity contribution is 5.81. The second kappa shape index (κ2) is 98.4. The largest absolute Gasteiger partial charge is 0.370 e. The monoisotopic (exact) mass is 2120 g/mol. The van der Waals surface area contributed by atoms with Crippen LogP contribution < -0.4 is 167 Å². The summed E-state index contributed by atoms with van der Waals surface area (Å²) in [6, 6.07) is 0.916. The fourth-order valence-electron chi connectivity index (χ4n) is 13.5. The van der Waals surface area contributed by atoms with E-state index in [1.165, 1.54) is 38.5 Å². The molecule has 1 heterocycles. The lowest BCUT2D eigenvalue weighted by Gasteiger charge is -2.26. The Morgan fingerprint density at radius 1 is 0.324 bits per heavy atom. The van der Waals surface area contributed by atoms with Gasteiger partial charge in [-0.25, -0.2) is 0 Å². The number of amides is 10. The normalized spacial score (nSPS) is 17.3. The minimum atomic E-state index is -0.135. The van der Waals surface area contributed by atoms with Gasteiger partial charge in [0.05, 0.1) is 0 Å². The minimum Gasteiger partial charge on any atom is -0.370 e. The maximum absolute atomic E-state index is 11.4. The molecule has 0 spiro atoms. The summed E-state index contributed by atoms with van der Waals surface area (Å²) in [5.41, 5.74) is 106. The third-order valence-electron chi connectivity index (χ3n) is 24.7. The van der Waals surface area contributed by atoms with Crippen molar-refractivity contribution in [2.75, 3.05) is 124 Å². The van der Waals surface area contributed by atoms with Crippen molar-refractivity contribution in [1.82, 2.24) is 58.5 Å². The summed E-state index contributed by atoms with van der Waals surface area (Å²) in [5.74, 6) is 6.00. The van der Waals surface area contributed by atoms with Crippen LogP contribution in [0.2, 0.25) is 0 Å². The highest BCUT2D eigenvalue weighted by Crippen LogP contribution is 2.31. The second-order valence-electron chi connectivity index (χ2n) is 44.8. The molecule has 15 atom stereocenters. The van der Waals surface area contributed by atoms with E-state index in [0.29, 0.717) is 151 Å². The average molecular weight is 2120 g/mol. The van der Waals surface area contributed by atoms with Gasteiger partial charge < -0.3 is 167 Å². The Morgan fingerprint density at radius 2 is 0.601 bits per heavy atom. The van der Waals surface area contributed by atoms with Crippen molar-refractivity contribution in [2.24, 2.45) is 215 Å². The molecule has 2 unspecified atom stereocenters. The quantitative estimate of drug-likeness (QED) is 0.0236. The van der Waals surface area contributed by atoms with Gasteiger partial charge in [-0.1, -0.05) is 186 Å². The van der Waals surface area contributed by atoms with Gasteiger partial charge in [0.1, 0.15) is 0 Å². The van der Waals surface area contributed by atoms with Crippen LogP contribution in [-0.4, -0.2) is 255 Å². The number of nitrogens with zero attached hydrogens (tertiary/aromatic N) is 1. The summed E-state index contributed by atoms with van der Waals surface area (Å²) in [5, 5.41) is 31.8. The Balaban J connectivity index is -0.000000244. The van der Waals surface area contributed by atoms with Crippen LogP contribution in [0.15, 0.2) is 4.99 Å². The molecule has 49 N–H and O–H groups in total. The zero-order valence-electron chi connectivity index (χ0n) is 98.6. The van der Waals surface area contributed by atoms with Gasteiger partial charge in [0.25, 0.3) is 0 Å². The van der Waals surface area contributed by atoms with E-state index in [-0.39, 0.29) is 172 Å². The van der Waals surface area contributed by atoms with Crippen LogP contribution in [0.4, 0.5) is 0 Å². The zero-order valence-corrected chi connectivity index (χ0v) is 98.6. The smallest absolute Gasteiger partial charge is 0.222 e. The molecular formula is C107H239N31O10. The van der Waals surface area contributed by atoms with Crippen LogP contribution in [0.3, 0.4) is 0 Å². The molecule has 10 amide bonds. The first-order valence-corrected chi connectivity index (χ1v) is 55.9. The van der Waals surface area contributed by atoms with Crippen molar-refractivity contribution >= 4 is 65.0 Å². The molecule has 0 aromatic rings.